The maximum atomic E-state index is 12.3. The fourth-order valence-corrected chi connectivity index (χ4v) is 2.16. The number of carbonyl (C=O) groups excluding carboxylic acids is 1. The van der Waals surface area contributed by atoms with Crippen molar-refractivity contribution in [2.45, 2.75) is 38.6 Å². The average Bonchev–Trinajstić information content (AvgIpc) is 3.30. The molecule has 0 atom stereocenters. The van der Waals surface area contributed by atoms with Crippen LogP contribution in [0, 0.1) is 0 Å². The van der Waals surface area contributed by atoms with Crippen LogP contribution in [0.3, 0.4) is 0 Å². The van der Waals surface area contributed by atoms with Crippen molar-refractivity contribution in [3.05, 3.63) is 17.7 Å². The van der Waals surface area contributed by atoms with Gasteiger partial charge in [0.25, 0.3) is 5.91 Å². The zero-order valence-corrected chi connectivity index (χ0v) is 13.3. The highest BCUT2D eigenvalue weighted by Gasteiger charge is 2.25. The van der Waals surface area contributed by atoms with Crippen LogP contribution < -0.4 is 10.6 Å². The second-order valence-corrected chi connectivity index (χ2v) is 5.86. The van der Waals surface area contributed by atoms with Gasteiger partial charge in [-0.25, -0.2) is 9.97 Å². The first-order chi connectivity index (χ1) is 10.0. The molecule has 2 rings (SSSR count). The molecule has 1 fully saturated rings. The second kappa shape index (κ2) is 6.85. The van der Waals surface area contributed by atoms with Crippen LogP contribution >= 0.6 is 0 Å². The van der Waals surface area contributed by atoms with Gasteiger partial charge < -0.3 is 15.5 Å². The van der Waals surface area contributed by atoms with Gasteiger partial charge in [0, 0.05) is 32.1 Å². The predicted octanol–water partition coefficient (Wildman–Crippen LogP) is 1.47. The van der Waals surface area contributed by atoms with Crippen molar-refractivity contribution in [1.29, 1.82) is 0 Å². The van der Waals surface area contributed by atoms with Crippen molar-refractivity contribution in [1.82, 2.24) is 20.2 Å². The van der Waals surface area contributed by atoms with Crippen molar-refractivity contribution < 1.29 is 4.79 Å². The molecule has 0 aromatic carbocycles. The van der Waals surface area contributed by atoms with Crippen LogP contribution in [0.15, 0.2) is 6.20 Å². The fraction of sp³-hybridized carbons (Fsp3) is 0.667. The van der Waals surface area contributed by atoms with Crippen LogP contribution in [-0.4, -0.2) is 54.0 Å². The normalized spacial score (nSPS) is 14.6. The Hall–Kier alpha value is -1.69. The Morgan fingerprint density at radius 1 is 1.48 bits per heavy atom. The van der Waals surface area contributed by atoms with Crippen molar-refractivity contribution >= 4 is 11.6 Å². The molecule has 1 aromatic heterocycles. The molecule has 0 spiro atoms. The van der Waals surface area contributed by atoms with E-state index >= 15 is 0 Å². The molecule has 1 aliphatic carbocycles. The molecule has 0 unspecified atom stereocenters. The lowest BCUT2D eigenvalue weighted by Gasteiger charge is -2.16. The van der Waals surface area contributed by atoms with Gasteiger partial charge in [0.2, 0.25) is 0 Å². The van der Waals surface area contributed by atoms with Gasteiger partial charge in [0.05, 0.1) is 11.9 Å². The minimum absolute atomic E-state index is 0.146. The smallest absolute Gasteiger partial charge is 0.272 e. The number of likely N-dealkylation sites (N-methyl/N-ethyl adjacent to an activating group) is 1. The zero-order valence-electron chi connectivity index (χ0n) is 13.3. The number of hydrogen-bond acceptors (Lipinski definition) is 5. The number of carbonyl (C=O) groups is 1. The first-order valence-electron chi connectivity index (χ1n) is 7.56. The number of hydrogen-bond donors (Lipinski definition) is 2. The highest BCUT2D eigenvalue weighted by atomic mass is 16.1. The lowest BCUT2D eigenvalue weighted by atomic mass is 10.2. The highest BCUT2D eigenvalue weighted by Crippen LogP contribution is 2.24. The number of nitrogens with one attached hydrogen (secondary N) is 2. The van der Waals surface area contributed by atoms with E-state index in [-0.39, 0.29) is 11.8 Å². The van der Waals surface area contributed by atoms with Crippen LogP contribution in [0.1, 0.15) is 48.9 Å². The Labute approximate surface area is 126 Å². The average molecular weight is 291 g/mol. The quantitative estimate of drug-likeness (QED) is 0.796. The van der Waals surface area contributed by atoms with Crippen molar-refractivity contribution in [2.24, 2.45) is 0 Å². The van der Waals surface area contributed by atoms with E-state index in [0.717, 1.165) is 6.54 Å². The van der Waals surface area contributed by atoms with Gasteiger partial charge in [0.1, 0.15) is 5.82 Å². The van der Waals surface area contributed by atoms with Gasteiger partial charge in [0.15, 0.2) is 5.69 Å². The molecule has 0 aliphatic heterocycles. The molecule has 6 heteroatoms. The van der Waals surface area contributed by atoms with Gasteiger partial charge in [-0.15, -0.1) is 0 Å². The third kappa shape index (κ3) is 4.14. The molecule has 2 N–H and O–H groups in total. The third-order valence-electron chi connectivity index (χ3n) is 3.73. The largest absolute Gasteiger partial charge is 0.385 e. The van der Waals surface area contributed by atoms with E-state index in [4.69, 9.17) is 0 Å². The van der Waals surface area contributed by atoms with E-state index < -0.39 is 0 Å². The molecular weight excluding hydrogens is 266 g/mol. The number of rotatable bonds is 7. The van der Waals surface area contributed by atoms with Crippen LogP contribution in [-0.2, 0) is 0 Å². The molecule has 1 amide bonds. The van der Waals surface area contributed by atoms with Gasteiger partial charge in [-0.3, -0.25) is 4.79 Å². The Bertz CT molecular complexity index is 499. The Kier molecular flexibility index (Phi) is 5.12. The van der Waals surface area contributed by atoms with E-state index in [1.807, 2.05) is 13.8 Å². The molecule has 21 heavy (non-hydrogen) atoms. The summed E-state index contributed by atoms with van der Waals surface area (Å²) in [5.41, 5.74) is 1.08. The number of nitrogens with zero attached hydrogens (tertiary/aromatic N) is 3. The lowest BCUT2D eigenvalue weighted by Crippen LogP contribution is -2.34. The van der Waals surface area contributed by atoms with Crippen molar-refractivity contribution in [2.75, 3.05) is 32.5 Å². The minimum Gasteiger partial charge on any atom is -0.385 e. The summed E-state index contributed by atoms with van der Waals surface area (Å²) < 4.78 is 0. The summed E-state index contributed by atoms with van der Waals surface area (Å²) in [5.74, 6) is 0.741. The molecule has 1 saturated carbocycles. The summed E-state index contributed by atoms with van der Waals surface area (Å²) in [6.45, 7) is 5.53. The summed E-state index contributed by atoms with van der Waals surface area (Å²) in [7, 11) is 3.87. The summed E-state index contributed by atoms with van der Waals surface area (Å²) in [6.07, 6.45) is 4.23. The number of anilines is 1. The summed E-state index contributed by atoms with van der Waals surface area (Å²) in [5, 5.41) is 5.92. The maximum Gasteiger partial charge on any atom is 0.272 e. The monoisotopic (exact) mass is 291 g/mol. The van der Waals surface area contributed by atoms with Crippen LogP contribution in [0.25, 0.3) is 0 Å². The fourth-order valence-electron chi connectivity index (χ4n) is 2.16. The molecule has 0 radical (unpaired) electrons. The van der Waals surface area contributed by atoms with E-state index in [9.17, 15) is 4.79 Å². The first kappa shape index (κ1) is 15.7. The van der Waals surface area contributed by atoms with Crippen molar-refractivity contribution in [3.63, 3.8) is 0 Å². The maximum absolute atomic E-state index is 12.3. The molecule has 6 nitrogen and oxygen atoms in total. The van der Waals surface area contributed by atoms with Gasteiger partial charge in [-0.1, -0.05) is 13.8 Å². The standard InChI is InChI=1S/C15H25N5O/c1-10(2)14-18-9-12(16-3)13(19-14)15(21)17-7-8-20(4)11-5-6-11/h9-11,16H,5-8H2,1-4H3,(H,17,21). The van der Waals surface area contributed by atoms with E-state index in [1.165, 1.54) is 12.8 Å². The van der Waals surface area contributed by atoms with Gasteiger partial charge in [-0.2, -0.15) is 0 Å². The zero-order chi connectivity index (χ0) is 15.4. The molecule has 116 valence electrons. The van der Waals surface area contributed by atoms with Crippen LogP contribution in [0.2, 0.25) is 0 Å². The summed E-state index contributed by atoms with van der Waals surface area (Å²) in [4.78, 5) is 23.3. The van der Waals surface area contributed by atoms with Gasteiger partial charge >= 0.3 is 0 Å². The highest BCUT2D eigenvalue weighted by molar-refractivity contribution is 5.97. The van der Waals surface area contributed by atoms with E-state index in [2.05, 4.69) is 32.5 Å². The second-order valence-electron chi connectivity index (χ2n) is 5.86. The van der Waals surface area contributed by atoms with E-state index in [0.29, 0.717) is 29.8 Å². The Morgan fingerprint density at radius 3 is 2.76 bits per heavy atom. The molecule has 0 bridgehead atoms. The molecule has 1 aliphatic rings. The Morgan fingerprint density at radius 2 is 2.19 bits per heavy atom. The molecular formula is C15H25N5O. The Balaban J connectivity index is 1.97. The summed E-state index contributed by atoms with van der Waals surface area (Å²) in [6, 6.07) is 0.710. The lowest BCUT2D eigenvalue weighted by molar-refractivity contribution is 0.0945. The molecule has 1 aromatic rings. The van der Waals surface area contributed by atoms with Crippen molar-refractivity contribution in [3.8, 4) is 0 Å². The topological polar surface area (TPSA) is 70.1 Å². The SMILES string of the molecule is CNc1cnc(C(C)C)nc1C(=O)NCCN(C)C1CC1. The summed E-state index contributed by atoms with van der Waals surface area (Å²) >= 11 is 0. The number of amides is 1. The first-order valence-corrected chi connectivity index (χ1v) is 7.56. The van der Waals surface area contributed by atoms with E-state index in [1.54, 1.807) is 13.2 Å². The third-order valence-corrected chi connectivity index (χ3v) is 3.73. The predicted molar refractivity (Wildman–Crippen MR) is 83.7 cm³/mol. The van der Waals surface area contributed by atoms with Gasteiger partial charge in [-0.05, 0) is 19.9 Å². The van der Waals surface area contributed by atoms with Crippen LogP contribution in [0.4, 0.5) is 5.69 Å². The molecule has 1 heterocycles. The minimum atomic E-state index is -0.146. The molecule has 0 saturated heterocycles. The number of aromatic nitrogens is 2. The van der Waals surface area contributed by atoms with Crippen LogP contribution in [0.5, 0.6) is 0 Å².